The molecule has 0 bridgehead atoms. The Kier molecular flexibility index (Phi) is 6.30. The van der Waals surface area contributed by atoms with Crippen molar-refractivity contribution in [1.29, 1.82) is 0 Å². The van der Waals surface area contributed by atoms with Gasteiger partial charge in [0.25, 0.3) is 0 Å². The molecule has 4 unspecified atom stereocenters. The van der Waals surface area contributed by atoms with E-state index in [4.69, 9.17) is 0 Å². The van der Waals surface area contributed by atoms with Crippen LogP contribution in [0.15, 0.2) is 21.8 Å². The van der Waals surface area contributed by atoms with Crippen molar-refractivity contribution in [1.82, 2.24) is 0 Å². The molecule has 4 atom stereocenters. The molecule has 26 heavy (non-hydrogen) atoms. The summed E-state index contributed by atoms with van der Waals surface area (Å²) in [6.45, 7) is 6.23. The summed E-state index contributed by atoms with van der Waals surface area (Å²) in [5, 5.41) is 10.3. The second-order valence-corrected chi connectivity index (χ2v) is 9.42. The number of fused-ring (bicyclic) bond motifs is 5. The third-order valence-corrected chi connectivity index (χ3v) is 8.00. The van der Waals surface area contributed by atoms with Crippen molar-refractivity contribution in [2.24, 2.45) is 17.3 Å². The van der Waals surface area contributed by atoms with Gasteiger partial charge in [-0.3, -0.25) is 0 Å². The van der Waals surface area contributed by atoms with Crippen LogP contribution in [0.1, 0.15) is 75.5 Å². The van der Waals surface area contributed by atoms with Crippen LogP contribution in [-0.4, -0.2) is 36.7 Å². The molecule has 3 aliphatic carbocycles. The number of phenols is 1. The molecule has 1 aromatic carbocycles. The van der Waals surface area contributed by atoms with Gasteiger partial charge in [-0.05, 0) is 0 Å². The molecule has 2 nitrogen and oxygen atoms in total. The van der Waals surface area contributed by atoms with Crippen molar-refractivity contribution >= 4 is 31.6 Å². The van der Waals surface area contributed by atoms with Crippen LogP contribution in [0.3, 0.4) is 0 Å². The molecule has 0 aromatic heterocycles. The number of carbonyl (C=O) groups excluding carboxylic acids is 1. The Hall–Kier alpha value is -0.648. The quantitative estimate of drug-likeness (QED) is 0.526. The van der Waals surface area contributed by atoms with Gasteiger partial charge < -0.3 is 0 Å². The molecular weight excluding hydrogens is 515 g/mol. The molecule has 0 heterocycles. The molecule has 1 aromatic rings. The number of carbonyl (C=O) groups is 1. The van der Waals surface area contributed by atoms with Crippen LogP contribution < -0.4 is 0 Å². The van der Waals surface area contributed by atoms with Gasteiger partial charge in [-0.15, -0.1) is 0 Å². The summed E-state index contributed by atoms with van der Waals surface area (Å²) < 4.78 is 2.18. The zero-order valence-electron chi connectivity index (χ0n) is 16.3. The van der Waals surface area contributed by atoms with Crippen LogP contribution in [-0.2, 0) is 17.6 Å². The number of Topliss-reactive ketones (excluding diaryl/α,β-unsaturated/α-hetero) is 1. The van der Waals surface area contributed by atoms with Gasteiger partial charge in [-0.25, -0.2) is 0 Å². The van der Waals surface area contributed by atoms with Gasteiger partial charge >= 0.3 is 161 Å². The molecule has 2 fully saturated rings. The van der Waals surface area contributed by atoms with Crippen LogP contribution in [0, 0.1) is 17.3 Å². The zero-order valence-corrected chi connectivity index (χ0v) is 20.2. The second kappa shape index (κ2) is 8.16. The van der Waals surface area contributed by atoms with Gasteiger partial charge in [0.2, 0.25) is 0 Å². The van der Waals surface area contributed by atoms with Gasteiger partial charge in [-0.2, -0.15) is 0 Å². The van der Waals surface area contributed by atoms with E-state index < -0.39 is 0 Å². The molecule has 3 heteroatoms. The topological polar surface area (TPSA) is 37.3 Å². The van der Waals surface area contributed by atoms with E-state index in [2.05, 4.69) is 22.7 Å². The molecule has 3 radical (unpaired) electrons. The first kappa shape index (κ1) is 20.1. The predicted octanol–water partition coefficient (Wildman–Crippen LogP) is 5.07. The van der Waals surface area contributed by atoms with Gasteiger partial charge in [-0.1, -0.05) is 13.8 Å². The summed E-state index contributed by atoms with van der Waals surface area (Å²) in [5.41, 5.74) is 3.84. The number of benzene rings is 1. The predicted molar refractivity (Wildman–Crippen MR) is 108 cm³/mol. The fourth-order valence-electron chi connectivity index (χ4n) is 5.78. The van der Waals surface area contributed by atoms with E-state index in [1.807, 2.05) is 19.9 Å². The summed E-state index contributed by atoms with van der Waals surface area (Å²) in [4.78, 5) is 12.4. The van der Waals surface area contributed by atoms with Gasteiger partial charge in [0.15, 0.2) is 0 Å². The molecule has 0 amide bonds. The Morgan fingerprint density at radius 1 is 1.23 bits per heavy atom. The van der Waals surface area contributed by atoms with Crippen molar-refractivity contribution in [3.8, 4) is 5.75 Å². The van der Waals surface area contributed by atoms with Crippen molar-refractivity contribution in [3.63, 3.8) is 0 Å². The van der Waals surface area contributed by atoms with Gasteiger partial charge in [0.05, 0.1) is 0 Å². The third-order valence-electron chi connectivity index (χ3n) is 7.09. The Morgan fingerprint density at radius 3 is 2.73 bits per heavy atom. The molecular formula is C23H31O2Pb. The molecule has 2 saturated carbocycles. The maximum absolute atomic E-state index is 12.4. The van der Waals surface area contributed by atoms with Gasteiger partial charge in [0, 0.05) is 0 Å². The monoisotopic (exact) mass is 547 g/mol. The number of ketones is 1. The minimum atomic E-state index is -0.0476. The summed E-state index contributed by atoms with van der Waals surface area (Å²) in [6.07, 6.45) is 9.32. The number of aryl methyl sites for hydroxylation is 1. The number of phenolic OH excluding ortho intramolecular Hbond substituents is 1. The van der Waals surface area contributed by atoms with E-state index >= 15 is 0 Å². The van der Waals surface area contributed by atoms with Crippen LogP contribution in [0.25, 0.3) is 0 Å². The molecule has 139 valence electrons. The fourth-order valence-corrected chi connectivity index (χ4v) is 6.23. The van der Waals surface area contributed by atoms with Crippen molar-refractivity contribution < 1.29 is 9.90 Å². The molecule has 0 saturated heterocycles. The SMILES string of the molecule is CC.CC12CCC3c4cc(C/C=[CH]/[Pb])c(O)cc4CCC3C1CCC2=O. The van der Waals surface area contributed by atoms with Crippen LogP contribution in [0.2, 0.25) is 0 Å². The second-order valence-electron chi connectivity index (χ2n) is 8.12. The van der Waals surface area contributed by atoms with Crippen molar-refractivity contribution in [2.75, 3.05) is 0 Å². The number of hydrogen-bond acceptors (Lipinski definition) is 2. The first-order chi connectivity index (χ1) is 12.5. The summed E-state index contributed by atoms with van der Waals surface area (Å²) in [5.74, 6) is 2.81. The first-order valence-corrected chi connectivity index (χ1v) is 12.5. The molecule has 4 rings (SSSR count). The van der Waals surface area contributed by atoms with E-state index in [1.165, 1.54) is 17.5 Å². The number of rotatable bonds is 2. The average Bonchev–Trinajstić information content (AvgIpc) is 2.96. The molecule has 0 spiro atoms. The summed E-state index contributed by atoms with van der Waals surface area (Å²) in [7, 11) is 0. The van der Waals surface area contributed by atoms with E-state index in [0.29, 0.717) is 29.3 Å². The minimum absolute atomic E-state index is 0.0476. The first-order valence-electron chi connectivity index (χ1n) is 10.2. The number of hydrogen-bond donors (Lipinski definition) is 1. The average molecular weight is 547 g/mol. The molecule has 3 aliphatic rings. The summed E-state index contributed by atoms with van der Waals surface area (Å²) >= 11 is 1.06. The standard InChI is InChI=1S/C21H25O2.C2H6.Pb/c1-3-4-14-11-17-13(12-19(14)22)5-6-16-15(17)9-10-21(2)18(16)7-8-20(21)23;1-2;/h1,3,11-12,15-16,18,22H,4-10H2,2H3;1-2H3;. The van der Waals surface area contributed by atoms with E-state index in [1.54, 1.807) is 0 Å². The third kappa shape index (κ3) is 3.31. The fraction of sp³-hybridized carbons (Fsp3) is 0.609. The van der Waals surface area contributed by atoms with E-state index in [0.717, 1.165) is 69.9 Å². The van der Waals surface area contributed by atoms with Crippen LogP contribution in [0.4, 0.5) is 0 Å². The maximum atomic E-state index is 12.4. The van der Waals surface area contributed by atoms with Crippen LogP contribution in [0.5, 0.6) is 5.75 Å². The Labute approximate surface area is 174 Å². The van der Waals surface area contributed by atoms with Crippen molar-refractivity contribution in [3.05, 3.63) is 38.5 Å². The van der Waals surface area contributed by atoms with E-state index in [9.17, 15) is 9.90 Å². The number of aromatic hydroxyl groups is 1. The Bertz CT molecular complexity index is 708. The van der Waals surface area contributed by atoms with Crippen molar-refractivity contribution in [2.45, 2.75) is 71.6 Å². The summed E-state index contributed by atoms with van der Waals surface area (Å²) in [6, 6.07) is 4.30. The van der Waals surface area contributed by atoms with Crippen LogP contribution >= 0.6 is 0 Å². The van der Waals surface area contributed by atoms with E-state index in [-0.39, 0.29) is 5.41 Å². The number of allylic oxidation sites excluding steroid dienone is 1. The Balaban J connectivity index is 0.000000948. The molecule has 1 N–H and O–H groups in total. The molecule has 0 aliphatic heterocycles. The normalized spacial score (nSPS) is 32.5. The zero-order chi connectivity index (χ0) is 18.9. The Morgan fingerprint density at radius 2 is 2.00 bits per heavy atom. The van der Waals surface area contributed by atoms with Gasteiger partial charge in [0.1, 0.15) is 0 Å².